The van der Waals surface area contributed by atoms with Crippen LogP contribution < -0.4 is 4.31 Å². The fourth-order valence-corrected chi connectivity index (χ4v) is 5.61. The Morgan fingerprint density at radius 3 is 2.35 bits per heavy atom. The number of sulfonamides is 1. The van der Waals surface area contributed by atoms with Crippen molar-refractivity contribution in [3.05, 3.63) is 83.4 Å². The molecule has 0 unspecified atom stereocenters. The van der Waals surface area contributed by atoms with Gasteiger partial charge in [0.1, 0.15) is 4.21 Å². The molecule has 0 bridgehead atoms. The zero-order chi connectivity index (χ0) is 22.2. The topological polar surface area (TPSA) is 85.7 Å². The average molecular weight is 455 g/mol. The van der Waals surface area contributed by atoms with Gasteiger partial charge in [0, 0.05) is 24.2 Å². The average Bonchev–Trinajstić information content (AvgIpc) is 3.47. The monoisotopic (exact) mass is 454 g/mol. The van der Waals surface area contributed by atoms with Crippen molar-refractivity contribution in [2.45, 2.75) is 4.21 Å². The van der Waals surface area contributed by atoms with E-state index in [9.17, 15) is 18.0 Å². The molecule has 2 aromatic heterocycles. The van der Waals surface area contributed by atoms with Crippen molar-refractivity contribution in [1.82, 2.24) is 4.57 Å². The highest BCUT2D eigenvalue weighted by molar-refractivity contribution is 7.94. The Morgan fingerprint density at radius 1 is 1.00 bits per heavy atom. The molecule has 0 atom stereocenters. The van der Waals surface area contributed by atoms with Crippen LogP contribution in [0.4, 0.5) is 5.69 Å². The Morgan fingerprint density at radius 2 is 1.71 bits per heavy atom. The highest BCUT2D eigenvalue weighted by atomic mass is 32.2. The van der Waals surface area contributed by atoms with Crippen LogP contribution in [0.1, 0.15) is 20.7 Å². The number of hydrogen-bond acceptors (Lipinski definition) is 6. The van der Waals surface area contributed by atoms with Gasteiger partial charge in [-0.3, -0.25) is 13.7 Å². The van der Waals surface area contributed by atoms with Crippen LogP contribution in [0.5, 0.6) is 0 Å². The Balaban J connectivity index is 1.68. The normalized spacial score (nSPS) is 11.4. The standard InChI is InChI=1S/C22H18N2O5S2/c1-23(31(27,28)20-8-5-13-30-20)16-11-9-15(10-12-16)21(25)24-14-18(22(26)29-2)17-6-3-4-7-19(17)24/h3-14H,1-2H3. The van der Waals surface area contributed by atoms with E-state index < -0.39 is 16.0 Å². The number of carbonyl (C=O) groups excluding carboxylic acids is 2. The molecular formula is C22H18N2O5S2. The number of nitrogens with zero attached hydrogens (tertiary/aromatic N) is 2. The van der Waals surface area contributed by atoms with E-state index in [0.29, 0.717) is 27.7 Å². The summed E-state index contributed by atoms with van der Waals surface area (Å²) in [6.07, 6.45) is 1.46. The van der Waals surface area contributed by atoms with E-state index in [-0.39, 0.29) is 10.1 Å². The molecule has 0 spiro atoms. The van der Waals surface area contributed by atoms with Gasteiger partial charge in [0.25, 0.3) is 15.9 Å². The minimum Gasteiger partial charge on any atom is -0.465 e. The van der Waals surface area contributed by atoms with E-state index in [1.165, 1.54) is 29.2 Å². The smallest absolute Gasteiger partial charge is 0.340 e. The highest BCUT2D eigenvalue weighted by Gasteiger charge is 2.23. The highest BCUT2D eigenvalue weighted by Crippen LogP contribution is 2.27. The number of anilines is 1. The minimum absolute atomic E-state index is 0.240. The predicted molar refractivity (Wildman–Crippen MR) is 119 cm³/mol. The van der Waals surface area contributed by atoms with E-state index in [4.69, 9.17) is 4.74 Å². The Bertz CT molecular complexity index is 1370. The van der Waals surface area contributed by atoms with Gasteiger partial charge in [0.15, 0.2) is 0 Å². The second kappa shape index (κ2) is 8.01. The summed E-state index contributed by atoms with van der Waals surface area (Å²) in [4.78, 5) is 25.2. The Kier molecular flexibility index (Phi) is 5.38. The zero-order valence-electron chi connectivity index (χ0n) is 16.7. The second-order valence-corrected chi connectivity index (χ2v) is 9.82. The summed E-state index contributed by atoms with van der Waals surface area (Å²) >= 11 is 1.14. The third-order valence-corrected chi connectivity index (χ3v) is 8.08. The lowest BCUT2D eigenvalue weighted by Gasteiger charge is -2.18. The van der Waals surface area contributed by atoms with Gasteiger partial charge < -0.3 is 4.74 Å². The van der Waals surface area contributed by atoms with Crippen LogP contribution in [-0.4, -0.2) is 39.0 Å². The van der Waals surface area contributed by atoms with Crippen LogP contribution in [-0.2, 0) is 14.8 Å². The van der Waals surface area contributed by atoms with E-state index in [1.807, 2.05) is 0 Å². The van der Waals surface area contributed by atoms with Gasteiger partial charge in [-0.2, -0.15) is 0 Å². The number of hydrogen-bond donors (Lipinski definition) is 0. The first kappa shape index (κ1) is 20.8. The van der Waals surface area contributed by atoms with E-state index in [2.05, 4.69) is 0 Å². The van der Waals surface area contributed by atoms with Crippen molar-refractivity contribution in [1.29, 1.82) is 0 Å². The van der Waals surface area contributed by atoms with E-state index in [0.717, 1.165) is 11.3 Å². The Labute approximate surface area is 183 Å². The minimum atomic E-state index is -3.66. The van der Waals surface area contributed by atoms with E-state index in [1.54, 1.807) is 66.0 Å². The summed E-state index contributed by atoms with van der Waals surface area (Å²) in [5, 5.41) is 2.31. The number of carbonyl (C=O) groups is 2. The molecule has 0 aliphatic heterocycles. The predicted octanol–water partition coefficient (Wildman–Crippen LogP) is 4.00. The van der Waals surface area contributed by atoms with Crippen LogP contribution >= 0.6 is 11.3 Å². The first-order valence-corrected chi connectivity index (χ1v) is 11.5. The molecule has 4 aromatic rings. The summed E-state index contributed by atoms with van der Waals surface area (Å²) in [7, 11) is -0.908. The fourth-order valence-electron chi connectivity index (χ4n) is 3.26. The quantitative estimate of drug-likeness (QED) is 0.426. The van der Waals surface area contributed by atoms with Crippen LogP contribution in [0, 0.1) is 0 Å². The molecule has 4 rings (SSSR count). The van der Waals surface area contributed by atoms with Crippen molar-refractivity contribution in [3.8, 4) is 0 Å². The van der Waals surface area contributed by atoms with Crippen molar-refractivity contribution >= 4 is 49.8 Å². The van der Waals surface area contributed by atoms with Crippen LogP contribution in [0.15, 0.2) is 76.4 Å². The number of esters is 1. The van der Waals surface area contributed by atoms with Gasteiger partial charge in [-0.05, 0) is 41.8 Å². The lowest BCUT2D eigenvalue weighted by atomic mass is 10.2. The van der Waals surface area contributed by atoms with Crippen LogP contribution in [0.3, 0.4) is 0 Å². The number of benzene rings is 2. The van der Waals surface area contributed by atoms with Crippen molar-refractivity contribution in [2.24, 2.45) is 0 Å². The molecule has 0 amide bonds. The Hall–Kier alpha value is -3.43. The molecule has 0 fully saturated rings. The van der Waals surface area contributed by atoms with Gasteiger partial charge in [-0.1, -0.05) is 24.3 Å². The molecule has 0 saturated heterocycles. The molecule has 158 valence electrons. The number of thiophene rings is 1. The lowest BCUT2D eigenvalue weighted by molar-refractivity contribution is 0.0603. The zero-order valence-corrected chi connectivity index (χ0v) is 18.3. The number of fused-ring (bicyclic) bond motifs is 1. The fraction of sp³-hybridized carbons (Fsp3) is 0.0909. The van der Waals surface area contributed by atoms with Gasteiger partial charge >= 0.3 is 5.97 Å². The van der Waals surface area contributed by atoms with E-state index >= 15 is 0 Å². The van der Waals surface area contributed by atoms with Crippen molar-refractivity contribution in [2.75, 3.05) is 18.5 Å². The first-order chi connectivity index (χ1) is 14.8. The molecule has 0 aliphatic carbocycles. The maximum Gasteiger partial charge on any atom is 0.340 e. The summed E-state index contributed by atoms with van der Waals surface area (Å²) < 4.78 is 33.0. The molecule has 0 saturated carbocycles. The van der Waals surface area contributed by atoms with Gasteiger partial charge in [-0.15, -0.1) is 11.3 Å². The maximum absolute atomic E-state index is 13.1. The van der Waals surface area contributed by atoms with Crippen molar-refractivity contribution < 1.29 is 22.7 Å². The SMILES string of the molecule is COC(=O)c1cn(C(=O)c2ccc(N(C)S(=O)(=O)c3cccs3)cc2)c2ccccc12. The summed E-state index contributed by atoms with van der Waals surface area (Å²) in [5.41, 5.74) is 1.65. The summed E-state index contributed by atoms with van der Waals surface area (Å²) in [6.45, 7) is 0. The maximum atomic E-state index is 13.1. The molecule has 0 radical (unpaired) electrons. The van der Waals surface area contributed by atoms with Gasteiger partial charge in [-0.25, -0.2) is 13.2 Å². The second-order valence-electron chi connectivity index (χ2n) is 6.68. The molecule has 2 aromatic carbocycles. The molecule has 31 heavy (non-hydrogen) atoms. The molecule has 7 nitrogen and oxygen atoms in total. The van der Waals surface area contributed by atoms with Crippen LogP contribution in [0.2, 0.25) is 0 Å². The number of methoxy groups -OCH3 is 1. The summed E-state index contributed by atoms with van der Waals surface area (Å²) in [5.74, 6) is -0.875. The molecular weight excluding hydrogens is 436 g/mol. The van der Waals surface area contributed by atoms with Gasteiger partial charge in [0.05, 0.1) is 23.9 Å². The number of rotatable bonds is 5. The lowest BCUT2D eigenvalue weighted by Crippen LogP contribution is -2.25. The summed E-state index contributed by atoms with van der Waals surface area (Å²) in [6, 6.07) is 16.5. The molecule has 0 aliphatic rings. The largest absolute Gasteiger partial charge is 0.465 e. The number of ether oxygens (including phenoxy) is 1. The molecule has 9 heteroatoms. The third kappa shape index (κ3) is 3.62. The van der Waals surface area contributed by atoms with Crippen LogP contribution in [0.25, 0.3) is 10.9 Å². The molecule has 0 N–H and O–H groups in total. The van der Waals surface area contributed by atoms with Gasteiger partial charge in [0.2, 0.25) is 0 Å². The molecule has 2 heterocycles. The number of para-hydroxylation sites is 1. The third-order valence-electron chi connectivity index (χ3n) is 4.92. The first-order valence-electron chi connectivity index (χ1n) is 9.20. The van der Waals surface area contributed by atoms with Crippen molar-refractivity contribution in [3.63, 3.8) is 0 Å². The number of aromatic nitrogens is 1.